The molecule has 0 aromatic heterocycles. The lowest BCUT2D eigenvalue weighted by Crippen LogP contribution is -1.97. The van der Waals surface area contributed by atoms with E-state index >= 15 is 0 Å². The summed E-state index contributed by atoms with van der Waals surface area (Å²) in [5, 5.41) is 0. The Labute approximate surface area is 101 Å². The van der Waals surface area contributed by atoms with Gasteiger partial charge in [0.2, 0.25) is 0 Å². The molecule has 4 heteroatoms. The largest absolute Gasteiger partial charge is 0.495 e. The molecule has 17 heavy (non-hydrogen) atoms. The third-order valence-corrected chi connectivity index (χ3v) is 2.15. The molecule has 0 fully saturated rings. The van der Waals surface area contributed by atoms with E-state index in [1.807, 2.05) is 0 Å². The van der Waals surface area contributed by atoms with Gasteiger partial charge < -0.3 is 15.2 Å². The maximum atomic E-state index is 10.8. The van der Waals surface area contributed by atoms with Crippen LogP contribution in [0.25, 0.3) is 0 Å². The van der Waals surface area contributed by atoms with Crippen LogP contribution in [0.2, 0.25) is 0 Å². The first-order chi connectivity index (χ1) is 8.26. The summed E-state index contributed by atoms with van der Waals surface area (Å²) in [5.41, 5.74) is 6.49. The highest BCUT2D eigenvalue weighted by Crippen LogP contribution is 2.29. The van der Waals surface area contributed by atoms with Gasteiger partial charge in [0.25, 0.3) is 0 Å². The fraction of sp³-hybridized carbons (Fsp3) is 0.308. The number of carbonyl (C=O) groups is 1. The Morgan fingerprint density at radius 1 is 1.29 bits per heavy atom. The first-order valence-corrected chi connectivity index (χ1v) is 5.17. The van der Waals surface area contributed by atoms with E-state index in [9.17, 15) is 4.79 Å². The standard InChI is InChI=1S/C13H15NO3/c1-16-12-7-10(9-15)8-13(17-2)11(12)5-3-4-6-14/h7-9H,4,6,14H2,1-2H3. The molecule has 1 aromatic rings. The minimum absolute atomic E-state index is 0.489. The van der Waals surface area contributed by atoms with Gasteiger partial charge in [0, 0.05) is 18.5 Å². The average Bonchev–Trinajstić information content (AvgIpc) is 2.38. The Hall–Kier alpha value is -1.99. The number of benzene rings is 1. The number of hydrogen-bond donors (Lipinski definition) is 1. The average molecular weight is 233 g/mol. The third-order valence-electron chi connectivity index (χ3n) is 2.15. The first kappa shape index (κ1) is 13.1. The number of ether oxygens (including phenoxy) is 2. The molecule has 90 valence electrons. The smallest absolute Gasteiger partial charge is 0.150 e. The van der Waals surface area contributed by atoms with Crippen LogP contribution in [-0.2, 0) is 0 Å². The van der Waals surface area contributed by atoms with Crippen molar-refractivity contribution in [3.8, 4) is 23.3 Å². The fourth-order valence-corrected chi connectivity index (χ4v) is 1.35. The van der Waals surface area contributed by atoms with Crippen LogP contribution in [-0.4, -0.2) is 27.1 Å². The number of methoxy groups -OCH3 is 2. The molecule has 0 unspecified atom stereocenters. The van der Waals surface area contributed by atoms with Crippen molar-refractivity contribution in [1.82, 2.24) is 0 Å². The Kier molecular flexibility index (Phi) is 5.05. The minimum atomic E-state index is 0.489. The van der Waals surface area contributed by atoms with Crippen LogP contribution in [0.3, 0.4) is 0 Å². The van der Waals surface area contributed by atoms with Gasteiger partial charge >= 0.3 is 0 Å². The lowest BCUT2D eigenvalue weighted by molar-refractivity contribution is 0.112. The second kappa shape index (κ2) is 6.56. The summed E-state index contributed by atoms with van der Waals surface area (Å²) < 4.78 is 10.4. The van der Waals surface area contributed by atoms with Crippen molar-refractivity contribution >= 4 is 6.29 Å². The van der Waals surface area contributed by atoms with Crippen molar-refractivity contribution < 1.29 is 14.3 Å². The highest BCUT2D eigenvalue weighted by molar-refractivity contribution is 5.78. The quantitative estimate of drug-likeness (QED) is 0.627. The van der Waals surface area contributed by atoms with Gasteiger partial charge in [0.15, 0.2) is 0 Å². The molecule has 0 saturated carbocycles. The predicted octanol–water partition coefficient (Wildman–Crippen LogP) is 1.22. The summed E-state index contributed by atoms with van der Waals surface area (Å²) >= 11 is 0. The first-order valence-electron chi connectivity index (χ1n) is 5.17. The second-order valence-electron chi connectivity index (χ2n) is 3.26. The number of hydrogen-bond acceptors (Lipinski definition) is 4. The topological polar surface area (TPSA) is 61.5 Å². The predicted molar refractivity (Wildman–Crippen MR) is 65.5 cm³/mol. The van der Waals surface area contributed by atoms with E-state index in [1.165, 1.54) is 14.2 Å². The van der Waals surface area contributed by atoms with E-state index in [1.54, 1.807) is 12.1 Å². The molecule has 0 spiro atoms. The molecule has 0 aliphatic heterocycles. The molecule has 0 heterocycles. The van der Waals surface area contributed by atoms with E-state index < -0.39 is 0 Å². The summed E-state index contributed by atoms with van der Waals surface area (Å²) in [6.07, 6.45) is 1.34. The number of rotatable bonds is 4. The zero-order valence-corrected chi connectivity index (χ0v) is 9.95. The van der Waals surface area contributed by atoms with Gasteiger partial charge in [-0.1, -0.05) is 11.8 Å². The van der Waals surface area contributed by atoms with Crippen molar-refractivity contribution in [3.63, 3.8) is 0 Å². The molecule has 0 bridgehead atoms. The maximum Gasteiger partial charge on any atom is 0.150 e. The summed E-state index contributed by atoms with van der Waals surface area (Å²) in [4.78, 5) is 10.8. The normalized spacial score (nSPS) is 9.12. The van der Waals surface area contributed by atoms with Crippen LogP contribution in [0.1, 0.15) is 22.3 Å². The molecular formula is C13H15NO3. The van der Waals surface area contributed by atoms with Crippen molar-refractivity contribution in [3.05, 3.63) is 23.3 Å². The molecule has 0 radical (unpaired) electrons. The summed E-state index contributed by atoms with van der Waals surface area (Å²) in [5.74, 6) is 6.90. The Morgan fingerprint density at radius 3 is 2.29 bits per heavy atom. The lowest BCUT2D eigenvalue weighted by atomic mass is 10.1. The number of nitrogens with two attached hydrogens (primary N) is 1. The molecule has 4 nitrogen and oxygen atoms in total. The van der Waals surface area contributed by atoms with Crippen molar-refractivity contribution in [2.24, 2.45) is 5.73 Å². The summed E-state index contributed by atoms with van der Waals surface area (Å²) in [6, 6.07) is 3.25. The monoisotopic (exact) mass is 233 g/mol. The fourth-order valence-electron chi connectivity index (χ4n) is 1.35. The van der Waals surface area contributed by atoms with Crippen LogP contribution >= 0.6 is 0 Å². The molecule has 0 saturated heterocycles. The van der Waals surface area contributed by atoms with Gasteiger partial charge in [-0.05, 0) is 12.1 Å². The highest BCUT2D eigenvalue weighted by Gasteiger charge is 2.10. The van der Waals surface area contributed by atoms with Gasteiger partial charge in [-0.3, -0.25) is 4.79 Å². The van der Waals surface area contributed by atoms with Gasteiger partial charge in [-0.2, -0.15) is 0 Å². The molecule has 1 aromatic carbocycles. The Balaban J connectivity index is 3.25. The van der Waals surface area contributed by atoms with Gasteiger partial charge in [0.1, 0.15) is 23.3 Å². The van der Waals surface area contributed by atoms with E-state index in [0.29, 0.717) is 35.6 Å². The number of carbonyl (C=O) groups excluding carboxylic acids is 1. The third kappa shape index (κ3) is 3.23. The molecule has 0 atom stereocenters. The summed E-state index contributed by atoms with van der Waals surface area (Å²) in [7, 11) is 3.05. The van der Waals surface area contributed by atoms with E-state index in [2.05, 4.69) is 11.8 Å². The van der Waals surface area contributed by atoms with Crippen LogP contribution in [0.5, 0.6) is 11.5 Å². The summed E-state index contributed by atoms with van der Waals surface area (Å²) in [6.45, 7) is 0.504. The van der Waals surface area contributed by atoms with Crippen LogP contribution in [0, 0.1) is 11.8 Å². The zero-order valence-electron chi connectivity index (χ0n) is 9.95. The van der Waals surface area contributed by atoms with E-state index in [0.717, 1.165) is 6.29 Å². The minimum Gasteiger partial charge on any atom is -0.495 e. The van der Waals surface area contributed by atoms with Crippen LogP contribution in [0.15, 0.2) is 12.1 Å². The zero-order chi connectivity index (χ0) is 12.7. The van der Waals surface area contributed by atoms with Crippen molar-refractivity contribution in [2.45, 2.75) is 6.42 Å². The lowest BCUT2D eigenvalue weighted by Gasteiger charge is -2.09. The van der Waals surface area contributed by atoms with Gasteiger partial charge in [-0.15, -0.1) is 0 Å². The highest BCUT2D eigenvalue weighted by atomic mass is 16.5. The molecule has 0 amide bonds. The Morgan fingerprint density at radius 2 is 1.88 bits per heavy atom. The molecule has 2 N–H and O–H groups in total. The van der Waals surface area contributed by atoms with E-state index in [4.69, 9.17) is 15.2 Å². The molecular weight excluding hydrogens is 218 g/mol. The molecule has 0 aliphatic rings. The number of aldehydes is 1. The maximum absolute atomic E-state index is 10.8. The molecule has 1 rings (SSSR count). The van der Waals surface area contributed by atoms with Crippen LogP contribution < -0.4 is 15.2 Å². The second-order valence-corrected chi connectivity index (χ2v) is 3.26. The van der Waals surface area contributed by atoms with Gasteiger partial charge in [0.05, 0.1) is 14.2 Å². The van der Waals surface area contributed by atoms with Crippen LogP contribution in [0.4, 0.5) is 0 Å². The van der Waals surface area contributed by atoms with Crippen molar-refractivity contribution in [2.75, 3.05) is 20.8 Å². The SMILES string of the molecule is COc1cc(C=O)cc(OC)c1C#CCCN. The van der Waals surface area contributed by atoms with E-state index in [-0.39, 0.29) is 0 Å². The molecule has 0 aliphatic carbocycles. The van der Waals surface area contributed by atoms with Gasteiger partial charge in [-0.25, -0.2) is 0 Å². The Bertz CT molecular complexity index is 432. The van der Waals surface area contributed by atoms with Crippen molar-refractivity contribution in [1.29, 1.82) is 0 Å².